The minimum Gasteiger partial charge on any atom is -0.493 e. The third-order valence-electron chi connectivity index (χ3n) is 6.30. The van der Waals surface area contributed by atoms with Crippen LogP contribution < -0.4 is 14.8 Å². The van der Waals surface area contributed by atoms with E-state index in [2.05, 4.69) is 22.3 Å². The van der Waals surface area contributed by atoms with Crippen molar-refractivity contribution in [2.75, 3.05) is 27.3 Å². The lowest BCUT2D eigenvalue weighted by Gasteiger charge is -2.32. The number of ether oxygens (including phenoxy) is 2. The SMILES string of the molecule is COc1ccc(CN2CCC(c3ncccc3CNC(=O)c3ccc(Cl)cc3)CC2)cc1OC. The number of hydrogen-bond donors (Lipinski definition) is 1. The first kappa shape index (κ1) is 24.0. The highest BCUT2D eigenvalue weighted by atomic mass is 35.5. The molecule has 0 unspecified atom stereocenters. The molecule has 1 N–H and O–H groups in total. The van der Waals surface area contributed by atoms with Crippen LogP contribution in [0.1, 0.15) is 45.9 Å². The van der Waals surface area contributed by atoms with E-state index >= 15 is 0 Å². The van der Waals surface area contributed by atoms with Gasteiger partial charge in [0, 0.05) is 41.5 Å². The highest BCUT2D eigenvalue weighted by molar-refractivity contribution is 6.30. The van der Waals surface area contributed by atoms with E-state index in [1.807, 2.05) is 24.4 Å². The largest absolute Gasteiger partial charge is 0.493 e. The Labute approximate surface area is 205 Å². The number of amides is 1. The van der Waals surface area contributed by atoms with Gasteiger partial charge in [0.25, 0.3) is 5.91 Å². The topological polar surface area (TPSA) is 63.7 Å². The summed E-state index contributed by atoms with van der Waals surface area (Å²) < 4.78 is 10.8. The Balaban J connectivity index is 1.35. The number of piperidine rings is 1. The van der Waals surface area contributed by atoms with Crippen LogP contribution in [0.25, 0.3) is 0 Å². The van der Waals surface area contributed by atoms with E-state index < -0.39 is 0 Å². The van der Waals surface area contributed by atoms with Gasteiger partial charge in [-0.3, -0.25) is 14.7 Å². The molecule has 7 heteroatoms. The van der Waals surface area contributed by atoms with Crippen molar-refractivity contribution in [1.29, 1.82) is 0 Å². The van der Waals surface area contributed by atoms with Crippen molar-refractivity contribution in [3.05, 3.63) is 88.2 Å². The fraction of sp³-hybridized carbons (Fsp3) is 0.333. The molecule has 34 heavy (non-hydrogen) atoms. The molecule has 1 aromatic heterocycles. The number of benzene rings is 2. The number of pyridine rings is 1. The second-order valence-electron chi connectivity index (χ2n) is 8.48. The third kappa shape index (κ3) is 5.88. The molecule has 4 rings (SSSR count). The maximum Gasteiger partial charge on any atom is 0.251 e. The standard InChI is InChI=1S/C27H30ClN3O3/c1-33-24-10-5-19(16-25(24)34-2)18-31-14-11-20(12-15-31)26-22(4-3-13-29-26)17-30-27(32)21-6-8-23(28)9-7-21/h3-10,13,16,20H,11-12,14-15,17-18H2,1-2H3,(H,30,32). The van der Waals surface area contributed by atoms with E-state index in [1.54, 1.807) is 38.5 Å². The molecule has 1 aliphatic rings. The molecule has 3 aromatic rings. The first-order valence-electron chi connectivity index (χ1n) is 11.5. The quantitative estimate of drug-likeness (QED) is 0.489. The van der Waals surface area contributed by atoms with Gasteiger partial charge in [0.1, 0.15) is 0 Å². The second-order valence-corrected chi connectivity index (χ2v) is 8.91. The maximum absolute atomic E-state index is 12.5. The average molecular weight is 480 g/mol. The predicted octanol–water partition coefficient (Wildman–Crippen LogP) is 5.06. The lowest BCUT2D eigenvalue weighted by molar-refractivity contribution is 0.0950. The number of carbonyl (C=O) groups excluding carboxylic acids is 1. The summed E-state index contributed by atoms with van der Waals surface area (Å²) in [6.45, 7) is 3.31. The summed E-state index contributed by atoms with van der Waals surface area (Å²) in [5.74, 6) is 1.77. The number of hydrogen-bond acceptors (Lipinski definition) is 5. The summed E-state index contributed by atoms with van der Waals surface area (Å²) >= 11 is 5.92. The Morgan fingerprint density at radius 1 is 1.06 bits per heavy atom. The van der Waals surface area contributed by atoms with Gasteiger partial charge >= 0.3 is 0 Å². The highest BCUT2D eigenvalue weighted by Gasteiger charge is 2.24. The molecule has 2 heterocycles. The summed E-state index contributed by atoms with van der Waals surface area (Å²) in [4.78, 5) is 19.7. The number of nitrogens with zero attached hydrogens (tertiary/aromatic N) is 2. The maximum atomic E-state index is 12.5. The summed E-state index contributed by atoms with van der Waals surface area (Å²) in [6.07, 6.45) is 3.90. The minimum atomic E-state index is -0.115. The summed E-state index contributed by atoms with van der Waals surface area (Å²) in [6, 6.07) is 17.0. The molecule has 0 radical (unpaired) electrons. The van der Waals surface area contributed by atoms with E-state index in [-0.39, 0.29) is 5.91 Å². The Morgan fingerprint density at radius 2 is 1.79 bits per heavy atom. The van der Waals surface area contributed by atoms with Crippen molar-refractivity contribution < 1.29 is 14.3 Å². The second kappa shape index (κ2) is 11.4. The van der Waals surface area contributed by atoms with Gasteiger partial charge in [0.2, 0.25) is 0 Å². The number of halogens is 1. The molecule has 178 valence electrons. The van der Waals surface area contributed by atoms with Crippen molar-refractivity contribution in [3.63, 3.8) is 0 Å². The summed E-state index contributed by atoms with van der Waals surface area (Å²) in [5.41, 5.74) is 3.96. The van der Waals surface area contributed by atoms with Gasteiger partial charge in [-0.15, -0.1) is 0 Å². The van der Waals surface area contributed by atoms with E-state index in [4.69, 9.17) is 26.1 Å². The zero-order valence-corrected chi connectivity index (χ0v) is 20.3. The lowest BCUT2D eigenvalue weighted by atomic mass is 9.90. The van der Waals surface area contributed by atoms with Crippen molar-refractivity contribution in [1.82, 2.24) is 15.2 Å². The van der Waals surface area contributed by atoms with Gasteiger partial charge in [-0.25, -0.2) is 0 Å². The van der Waals surface area contributed by atoms with Crippen LogP contribution in [0.4, 0.5) is 0 Å². The van der Waals surface area contributed by atoms with Crippen molar-refractivity contribution in [2.24, 2.45) is 0 Å². The van der Waals surface area contributed by atoms with E-state index in [1.165, 1.54) is 5.56 Å². The molecule has 0 spiro atoms. The summed E-state index contributed by atoms with van der Waals surface area (Å²) in [7, 11) is 3.31. The van der Waals surface area contributed by atoms with Gasteiger partial charge in [-0.1, -0.05) is 23.7 Å². The first-order valence-corrected chi connectivity index (χ1v) is 11.9. The third-order valence-corrected chi connectivity index (χ3v) is 6.55. The van der Waals surface area contributed by atoms with Gasteiger partial charge in [-0.2, -0.15) is 0 Å². The number of nitrogens with one attached hydrogen (secondary N) is 1. The number of aromatic nitrogens is 1. The van der Waals surface area contributed by atoms with Gasteiger partial charge < -0.3 is 14.8 Å². The van der Waals surface area contributed by atoms with Crippen LogP contribution in [0.15, 0.2) is 60.8 Å². The predicted molar refractivity (Wildman–Crippen MR) is 134 cm³/mol. The lowest BCUT2D eigenvalue weighted by Crippen LogP contribution is -2.33. The molecular formula is C27H30ClN3O3. The van der Waals surface area contributed by atoms with Gasteiger partial charge in [-0.05, 0) is 79.5 Å². The molecule has 1 fully saturated rings. The zero-order chi connectivity index (χ0) is 23.9. The molecule has 6 nitrogen and oxygen atoms in total. The van der Waals surface area contributed by atoms with Crippen LogP contribution in [0.3, 0.4) is 0 Å². The number of likely N-dealkylation sites (tertiary alicyclic amines) is 1. The van der Waals surface area contributed by atoms with Crippen LogP contribution >= 0.6 is 11.6 Å². The van der Waals surface area contributed by atoms with Crippen molar-refractivity contribution in [2.45, 2.75) is 31.8 Å². The van der Waals surface area contributed by atoms with Gasteiger partial charge in [0.15, 0.2) is 11.5 Å². The number of carbonyl (C=O) groups is 1. The summed E-state index contributed by atoms with van der Waals surface area (Å²) in [5, 5.41) is 3.64. The average Bonchev–Trinajstić information content (AvgIpc) is 2.88. The number of methoxy groups -OCH3 is 2. The Bertz CT molecular complexity index is 1110. The Morgan fingerprint density at radius 3 is 2.50 bits per heavy atom. The van der Waals surface area contributed by atoms with Crippen LogP contribution in [-0.4, -0.2) is 43.1 Å². The van der Waals surface area contributed by atoms with Gasteiger partial charge in [0.05, 0.1) is 14.2 Å². The fourth-order valence-corrected chi connectivity index (χ4v) is 4.57. The molecule has 0 aliphatic carbocycles. The first-order chi connectivity index (χ1) is 16.6. The molecule has 0 atom stereocenters. The molecule has 0 bridgehead atoms. The van der Waals surface area contributed by atoms with Crippen LogP contribution in [0.2, 0.25) is 5.02 Å². The molecule has 1 saturated heterocycles. The van der Waals surface area contributed by atoms with Crippen molar-refractivity contribution >= 4 is 17.5 Å². The van der Waals surface area contributed by atoms with E-state index in [9.17, 15) is 4.79 Å². The van der Waals surface area contributed by atoms with E-state index in [0.29, 0.717) is 23.0 Å². The molecule has 0 saturated carbocycles. The normalized spacial score (nSPS) is 14.6. The minimum absolute atomic E-state index is 0.115. The fourth-order valence-electron chi connectivity index (χ4n) is 4.45. The Kier molecular flexibility index (Phi) is 8.03. The zero-order valence-electron chi connectivity index (χ0n) is 19.6. The van der Waals surface area contributed by atoms with Crippen LogP contribution in [0.5, 0.6) is 11.5 Å². The van der Waals surface area contributed by atoms with Crippen LogP contribution in [-0.2, 0) is 13.1 Å². The Hall–Kier alpha value is -3.09. The molecule has 1 aliphatic heterocycles. The molecule has 1 amide bonds. The highest BCUT2D eigenvalue weighted by Crippen LogP contribution is 2.31. The molecule has 2 aromatic carbocycles. The van der Waals surface area contributed by atoms with E-state index in [0.717, 1.165) is 55.2 Å². The smallest absolute Gasteiger partial charge is 0.251 e. The van der Waals surface area contributed by atoms with Crippen LogP contribution in [0, 0.1) is 0 Å². The molecular weight excluding hydrogens is 450 g/mol. The monoisotopic (exact) mass is 479 g/mol. The van der Waals surface area contributed by atoms with Crippen molar-refractivity contribution in [3.8, 4) is 11.5 Å². The number of rotatable bonds is 8.